The topological polar surface area (TPSA) is 84.5 Å². The van der Waals surface area contributed by atoms with Gasteiger partial charge in [0.05, 0.1) is 12.1 Å². The molecule has 1 aliphatic heterocycles. The van der Waals surface area contributed by atoms with Gasteiger partial charge in [-0.2, -0.15) is 4.98 Å². The highest BCUT2D eigenvalue weighted by Gasteiger charge is 2.36. The second-order valence-electron chi connectivity index (χ2n) is 6.72. The van der Waals surface area contributed by atoms with Crippen LogP contribution in [-0.2, 0) is 6.54 Å². The second kappa shape index (κ2) is 7.80. The molecule has 7 nitrogen and oxygen atoms in total. The van der Waals surface area contributed by atoms with E-state index < -0.39 is 12.5 Å². The Balaban J connectivity index is 1.52. The van der Waals surface area contributed by atoms with E-state index in [2.05, 4.69) is 19.9 Å². The van der Waals surface area contributed by atoms with Gasteiger partial charge in [-0.05, 0) is 36.2 Å². The quantitative estimate of drug-likeness (QED) is 0.696. The largest absolute Gasteiger partial charge is 0.573 e. The van der Waals surface area contributed by atoms with Crippen molar-refractivity contribution in [2.75, 3.05) is 6.54 Å². The highest BCUT2D eigenvalue weighted by Crippen LogP contribution is 2.34. The molecule has 0 unspecified atom stereocenters. The molecule has 10 heteroatoms. The van der Waals surface area contributed by atoms with Gasteiger partial charge in [-0.3, -0.25) is 9.88 Å². The van der Waals surface area contributed by atoms with E-state index >= 15 is 0 Å². The number of aliphatic hydroxyl groups excluding tert-OH is 1. The van der Waals surface area contributed by atoms with Gasteiger partial charge < -0.3 is 14.4 Å². The molecule has 4 rings (SSSR count). The predicted molar refractivity (Wildman–Crippen MR) is 94.4 cm³/mol. The maximum absolute atomic E-state index is 12.5. The molecule has 29 heavy (non-hydrogen) atoms. The fourth-order valence-electron chi connectivity index (χ4n) is 3.38. The van der Waals surface area contributed by atoms with Crippen molar-refractivity contribution >= 4 is 0 Å². The summed E-state index contributed by atoms with van der Waals surface area (Å²) in [6, 6.07) is 8.91. The van der Waals surface area contributed by atoms with Crippen LogP contribution < -0.4 is 4.74 Å². The van der Waals surface area contributed by atoms with Crippen molar-refractivity contribution < 1.29 is 27.5 Å². The standard InChI is InChI=1S/C19H17F3N4O3/c20-19(21,22)28-15-3-1-2-12(8-15)10-26-11-14(27)9-16(26)18-24-17(25-29-18)13-4-6-23-7-5-13/h1-8,14,16,27H,9-11H2/t14-,16+/m1/s1. The highest BCUT2D eigenvalue weighted by molar-refractivity contribution is 5.52. The molecule has 0 bridgehead atoms. The van der Waals surface area contributed by atoms with Crippen molar-refractivity contribution in [3.63, 3.8) is 0 Å². The molecule has 2 atom stereocenters. The molecule has 152 valence electrons. The number of β-amino-alcohol motifs (C(OH)–C–C–N with tert-alkyl or cyclic N) is 1. The van der Waals surface area contributed by atoms with Crippen molar-refractivity contribution in [1.29, 1.82) is 0 Å². The van der Waals surface area contributed by atoms with Crippen molar-refractivity contribution in [1.82, 2.24) is 20.0 Å². The first-order valence-corrected chi connectivity index (χ1v) is 8.88. The molecule has 3 aromatic rings. The molecule has 3 heterocycles. The zero-order valence-corrected chi connectivity index (χ0v) is 15.1. The van der Waals surface area contributed by atoms with Crippen molar-refractivity contribution in [3.8, 4) is 17.1 Å². The van der Waals surface area contributed by atoms with Crippen LogP contribution in [0.3, 0.4) is 0 Å². The summed E-state index contributed by atoms with van der Waals surface area (Å²) in [7, 11) is 0. The number of likely N-dealkylation sites (tertiary alicyclic amines) is 1. The lowest BCUT2D eigenvalue weighted by Gasteiger charge is -2.21. The average Bonchev–Trinajstić information content (AvgIpc) is 3.28. The fourth-order valence-corrected chi connectivity index (χ4v) is 3.38. The van der Waals surface area contributed by atoms with E-state index in [9.17, 15) is 18.3 Å². The molecule has 1 fully saturated rings. The molecule has 0 aliphatic carbocycles. The minimum absolute atomic E-state index is 0.288. The molecule has 2 aromatic heterocycles. The van der Waals surface area contributed by atoms with Gasteiger partial charge in [0.25, 0.3) is 0 Å². The minimum atomic E-state index is -4.75. The van der Waals surface area contributed by atoms with Crippen LogP contribution >= 0.6 is 0 Å². The third-order valence-electron chi connectivity index (χ3n) is 4.56. The number of benzene rings is 1. The van der Waals surface area contributed by atoms with Crippen LogP contribution in [0.5, 0.6) is 5.75 Å². The van der Waals surface area contributed by atoms with Crippen LogP contribution in [0.4, 0.5) is 13.2 Å². The maximum atomic E-state index is 12.5. The normalized spacial score (nSPS) is 20.1. The number of hydrogen-bond acceptors (Lipinski definition) is 7. The van der Waals surface area contributed by atoms with Crippen molar-refractivity contribution in [2.24, 2.45) is 0 Å². The molecular weight excluding hydrogens is 389 g/mol. The third kappa shape index (κ3) is 4.72. The van der Waals surface area contributed by atoms with Gasteiger partial charge >= 0.3 is 6.36 Å². The Labute approximate surface area is 163 Å². The number of aromatic nitrogens is 3. The fraction of sp³-hybridized carbons (Fsp3) is 0.316. The molecule has 1 aromatic carbocycles. The van der Waals surface area contributed by atoms with E-state index in [1.807, 2.05) is 4.90 Å². The SMILES string of the molecule is O[C@@H]1C[C@@H](c2nc(-c3ccncc3)no2)N(Cc2cccc(OC(F)(F)F)c2)C1. The van der Waals surface area contributed by atoms with Gasteiger partial charge in [0.2, 0.25) is 11.7 Å². The van der Waals surface area contributed by atoms with E-state index in [0.717, 1.165) is 5.56 Å². The summed E-state index contributed by atoms with van der Waals surface area (Å²) in [6.07, 6.45) is -1.74. The highest BCUT2D eigenvalue weighted by atomic mass is 19.4. The number of rotatable bonds is 5. The summed E-state index contributed by atoms with van der Waals surface area (Å²) < 4.78 is 46.8. The zero-order valence-electron chi connectivity index (χ0n) is 15.1. The lowest BCUT2D eigenvalue weighted by atomic mass is 10.1. The number of aliphatic hydroxyl groups is 1. The van der Waals surface area contributed by atoms with E-state index in [-0.39, 0.29) is 11.8 Å². The number of ether oxygens (including phenoxy) is 1. The lowest BCUT2D eigenvalue weighted by molar-refractivity contribution is -0.274. The Hall–Kier alpha value is -2.98. The summed E-state index contributed by atoms with van der Waals surface area (Å²) in [6.45, 7) is 0.631. The maximum Gasteiger partial charge on any atom is 0.573 e. The summed E-state index contributed by atoms with van der Waals surface area (Å²) >= 11 is 0. The van der Waals surface area contributed by atoms with Crippen molar-refractivity contribution in [3.05, 3.63) is 60.2 Å². The van der Waals surface area contributed by atoms with Gasteiger partial charge in [0.15, 0.2) is 0 Å². The number of halogens is 3. The van der Waals surface area contributed by atoms with E-state index in [0.29, 0.717) is 36.8 Å². The Morgan fingerprint density at radius 3 is 2.76 bits per heavy atom. The second-order valence-corrected chi connectivity index (χ2v) is 6.72. The van der Waals surface area contributed by atoms with Crippen LogP contribution in [0, 0.1) is 0 Å². The molecule has 0 amide bonds. The van der Waals surface area contributed by atoms with Crippen LogP contribution in [0.1, 0.15) is 23.9 Å². The molecule has 1 aliphatic rings. The first-order chi connectivity index (χ1) is 13.9. The molecule has 0 saturated carbocycles. The van der Waals surface area contributed by atoms with Crippen LogP contribution in [0.25, 0.3) is 11.4 Å². The van der Waals surface area contributed by atoms with Crippen molar-refractivity contribution in [2.45, 2.75) is 31.5 Å². The Bertz CT molecular complexity index is 965. The van der Waals surface area contributed by atoms with Crippen LogP contribution in [0.15, 0.2) is 53.3 Å². The smallest absolute Gasteiger partial charge is 0.406 e. The minimum Gasteiger partial charge on any atom is -0.406 e. The average molecular weight is 406 g/mol. The van der Waals surface area contributed by atoms with Gasteiger partial charge in [-0.15, -0.1) is 13.2 Å². The molecule has 1 saturated heterocycles. The number of nitrogens with zero attached hydrogens (tertiary/aromatic N) is 4. The Morgan fingerprint density at radius 1 is 1.21 bits per heavy atom. The first kappa shape index (κ1) is 19.3. The van der Waals surface area contributed by atoms with Crippen LogP contribution in [0.2, 0.25) is 0 Å². The van der Waals surface area contributed by atoms with Gasteiger partial charge in [0, 0.05) is 31.0 Å². The third-order valence-corrected chi connectivity index (χ3v) is 4.56. The van der Waals surface area contributed by atoms with Gasteiger partial charge in [0.1, 0.15) is 5.75 Å². The zero-order chi connectivity index (χ0) is 20.4. The summed E-state index contributed by atoms with van der Waals surface area (Å²) in [5.74, 6) is 0.462. The molecule has 1 N–H and O–H groups in total. The summed E-state index contributed by atoms with van der Waals surface area (Å²) in [5.41, 5.74) is 1.36. The number of alkyl halides is 3. The Kier molecular flexibility index (Phi) is 5.20. The number of pyridine rings is 1. The molecular formula is C19H17F3N4O3. The summed E-state index contributed by atoms with van der Waals surface area (Å²) in [4.78, 5) is 10.3. The van der Waals surface area contributed by atoms with Crippen LogP contribution in [-0.4, -0.2) is 44.1 Å². The first-order valence-electron chi connectivity index (χ1n) is 8.88. The Morgan fingerprint density at radius 2 is 2.00 bits per heavy atom. The molecule has 0 spiro atoms. The van der Waals surface area contributed by atoms with E-state index in [1.54, 1.807) is 30.6 Å². The predicted octanol–water partition coefficient (Wildman–Crippen LogP) is 3.34. The van der Waals surface area contributed by atoms with Gasteiger partial charge in [-0.1, -0.05) is 17.3 Å². The van der Waals surface area contributed by atoms with Gasteiger partial charge in [-0.25, -0.2) is 0 Å². The summed E-state index contributed by atoms with van der Waals surface area (Å²) in [5, 5.41) is 14.1. The van der Waals surface area contributed by atoms with E-state index in [4.69, 9.17) is 4.52 Å². The monoisotopic (exact) mass is 406 g/mol. The lowest BCUT2D eigenvalue weighted by Crippen LogP contribution is -2.24. The number of hydrogen-bond donors (Lipinski definition) is 1. The van der Waals surface area contributed by atoms with E-state index in [1.165, 1.54) is 18.2 Å². The molecule has 0 radical (unpaired) electrons.